The van der Waals surface area contributed by atoms with Crippen LogP contribution in [0.15, 0.2) is 41.6 Å². The first-order valence-electron chi connectivity index (χ1n) is 8.60. The molecule has 0 saturated carbocycles. The highest BCUT2D eigenvalue weighted by atomic mass is 32.2. The Hall–Kier alpha value is -2.38. The second-order valence-corrected chi connectivity index (χ2v) is 7.27. The van der Waals surface area contributed by atoms with Gasteiger partial charge in [-0.15, -0.1) is 0 Å². The zero-order valence-electron chi connectivity index (χ0n) is 14.6. The predicted molar refractivity (Wildman–Crippen MR) is 102 cm³/mol. The summed E-state index contributed by atoms with van der Waals surface area (Å²) >= 11 is 1.46. The summed E-state index contributed by atoms with van der Waals surface area (Å²) in [5, 5.41) is 0.835. The van der Waals surface area contributed by atoms with Gasteiger partial charge in [0.15, 0.2) is 0 Å². The average Bonchev–Trinajstić information content (AvgIpc) is 3.10. The van der Waals surface area contributed by atoms with Crippen LogP contribution in [0.25, 0.3) is 22.4 Å². The maximum Gasteiger partial charge on any atom is 0.233 e. The molecule has 1 fully saturated rings. The highest BCUT2D eigenvalue weighted by molar-refractivity contribution is 7.99. The van der Waals surface area contributed by atoms with Gasteiger partial charge in [-0.3, -0.25) is 4.79 Å². The van der Waals surface area contributed by atoms with Crippen LogP contribution in [0.4, 0.5) is 0 Å². The number of ether oxygens (including phenoxy) is 1. The van der Waals surface area contributed by atoms with Crippen LogP contribution < -0.4 is 0 Å². The summed E-state index contributed by atoms with van der Waals surface area (Å²) in [5.41, 5.74) is 4.10. The Morgan fingerprint density at radius 3 is 2.88 bits per heavy atom. The van der Waals surface area contributed by atoms with E-state index in [1.807, 2.05) is 23.1 Å². The molecule has 0 aliphatic carbocycles. The Kier molecular flexibility index (Phi) is 4.90. The molecule has 1 aliphatic rings. The van der Waals surface area contributed by atoms with E-state index >= 15 is 0 Å². The summed E-state index contributed by atoms with van der Waals surface area (Å²) in [7, 11) is 0. The van der Waals surface area contributed by atoms with Crippen LogP contribution in [0.1, 0.15) is 5.56 Å². The summed E-state index contributed by atoms with van der Waals surface area (Å²) in [6.45, 7) is 4.67. The van der Waals surface area contributed by atoms with E-state index in [1.165, 1.54) is 17.3 Å². The third-order valence-corrected chi connectivity index (χ3v) is 5.28. The van der Waals surface area contributed by atoms with Crippen LogP contribution in [0.3, 0.4) is 0 Å². The molecular formula is C19H20N4O2S. The first-order valence-corrected chi connectivity index (χ1v) is 9.59. The number of benzene rings is 1. The number of carbonyl (C=O) groups is 1. The number of nitrogens with one attached hydrogen (secondary N) is 1. The third-order valence-electron chi connectivity index (χ3n) is 4.35. The minimum Gasteiger partial charge on any atom is -0.378 e. The molecule has 3 heterocycles. The molecule has 2 aromatic heterocycles. The molecule has 1 aromatic carbocycles. The fourth-order valence-electron chi connectivity index (χ4n) is 2.91. The average molecular weight is 368 g/mol. The number of hydrogen-bond donors (Lipinski definition) is 1. The number of amides is 1. The van der Waals surface area contributed by atoms with Gasteiger partial charge in [0.25, 0.3) is 0 Å². The number of pyridine rings is 1. The van der Waals surface area contributed by atoms with Gasteiger partial charge in [-0.2, -0.15) is 0 Å². The number of H-pyrrole nitrogens is 1. The SMILES string of the molecule is Cc1ccc2nc(-c3ccc(SCC(=O)N4CCOCC4)nc3)[nH]c2c1. The Balaban J connectivity index is 1.41. The smallest absolute Gasteiger partial charge is 0.233 e. The molecule has 6 nitrogen and oxygen atoms in total. The molecule has 0 bridgehead atoms. The van der Waals surface area contributed by atoms with Crippen LogP contribution in [0.5, 0.6) is 0 Å². The van der Waals surface area contributed by atoms with E-state index in [9.17, 15) is 4.79 Å². The van der Waals surface area contributed by atoms with E-state index in [2.05, 4.69) is 34.0 Å². The van der Waals surface area contributed by atoms with Gasteiger partial charge >= 0.3 is 0 Å². The molecule has 0 spiro atoms. The van der Waals surface area contributed by atoms with Crippen molar-refractivity contribution in [2.45, 2.75) is 11.9 Å². The summed E-state index contributed by atoms with van der Waals surface area (Å²) in [5.74, 6) is 1.34. The van der Waals surface area contributed by atoms with E-state index in [0.29, 0.717) is 32.1 Å². The summed E-state index contributed by atoms with van der Waals surface area (Å²) in [6.07, 6.45) is 1.80. The van der Waals surface area contributed by atoms with E-state index in [-0.39, 0.29) is 5.91 Å². The maximum atomic E-state index is 12.2. The van der Waals surface area contributed by atoms with Crippen molar-refractivity contribution in [3.63, 3.8) is 0 Å². The van der Waals surface area contributed by atoms with Crippen LogP contribution in [-0.4, -0.2) is 57.8 Å². The van der Waals surface area contributed by atoms with Gasteiger partial charge in [0.1, 0.15) is 5.82 Å². The lowest BCUT2D eigenvalue weighted by molar-refractivity contribution is -0.132. The van der Waals surface area contributed by atoms with Crippen LogP contribution >= 0.6 is 11.8 Å². The van der Waals surface area contributed by atoms with Crippen molar-refractivity contribution >= 4 is 28.7 Å². The maximum absolute atomic E-state index is 12.2. The number of hydrogen-bond acceptors (Lipinski definition) is 5. The summed E-state index contributed by atoms with van der Waals surface area (Å²) < 4.78 is 5.27. The van der Waals surface area contributed by atoms with Crippen molar-refractivity contribution < 1.29 is 9.53 Å². The lowest BCUT2D eigenvalue weighted by Gasteiger charge is -2.26. The lowest BCUT2D eigenvalue weighted by atomic mass is 10.2. The second kappa shape index (κ2) is 7.47. The Labute approximate surface area is 156 Å². The molecule has 3 aromatic rings. The number of nitrogens with zero attached hydrogens (tertiary/aromatic N) is 3. The van der Waals surface area contributed by atoms with Gasteiger partial charge in [-0.1, -0.05) is 17.8 Å². The minimum atomic E-state index is 0.136. The van der Waals surface area contributed by atoms with Gasteiger partial charge in [0.05, 0.1) is 35.0 Å². The number of aryl methyl sites for hydroxylation is 1. The van der Waals surface area contributed by atoms with E-state index in [4.69, 9.17) is 4.74 Å². The number of thioether (sulfide) groups is 1. The predicted octanol–water partition coefficient (Wildman–Crippen LogP) is 2.88. The molecule has 0 unspecified atom stereocenters. The van der Waals surface area contributed by atoms with Crippen molar-refractivity contribution in [3.8, 4) is 11.4 Å². The minimum absolute atomic E-state index is 0.136. The van der Waals surface area contributed by atoms with Gasteiger partial charge in [0.2, 0.25) is 5.91 Å². The highest BCUT2D eigenvalue weighted by Gasteiger charge is 2.17. The number of imidazole rings is 1. The highest BCUT2D eigenvalue weighted by Crippen LogP contribution is 2.23. The number of morpholine rings is 1. The Morgan fingerprint density at radius 2 is 2.12 bits per heavy atom. The van der Waals surface area contributed by atoms with Gasteiger partial charge in [0, 0.05) is 24.8 Å². The number of fused-ring (bicyclic) bond motifs is 1. The van der Waals surface area contributed by atoms with Crippen LogP contribution in [0.2, 0.25) is 0 Å². The number of aromatic amines is 1. The number of carbonyl (C=O) groups excluding carboxylic acids is 1. The zero-order valence-corrected chi connectivity index (χ0v) is 15.4. The number of aromatic nitrogens is 3. The molecule has 1 saturated heterocycles. The first kappa shape index (κ1) is 17.1. The monoisotopic (exact) mass is 368 g/mol. The number of rotatable bonds is 4. The second-order valence-electron chi connectivity index (χ2n) is 6.27. The molecule has 134 valence electrons. The van der Waals surface area contributed by atoms with Crippen LogP contribution in [0, 0.1) is 6.92 Å². The van der Waals surface area contributed by atoms with Crippen molar-refractivity contribution in [2.24, 2.45) is 0 Å². The van der Waals surface area contributed by atoms with Gasteiger partial charge in [-0.05, 0) is 36.8 Å². The summed E-state index contributed by atoms with van der Waals surface area (Å²) in [6, 6.07) is 10.1. The molecular weight excluding hydrogens is 348 g/mol. The van der Waals surface area contributed by atoms with Crippen molar-refractivity contribution in [3.05, 3.63) is 42.1 Å². The van der Waals surface area contributed by atoms with Crippen molar-refractivity contribution in [2.75, 3.05) is 32.1 Å². The zero-order chi connectivity index (χ0) is 17.9. The van der Waals surface area contributed by atoms with Crippen LogP contribution in [-0.2, 0) is 9.53 Å². The quantitative estimate of drug-likeness (QED) is 0.717. The molecule has 4 rings (SSSR count). The molecule has 1 amide bonds. The lowest BCUT2D eigenvalue weighted by Crippen LogP contribution is -2.41. The molecule has 0 atom stereocenters. The Bertz CT molecular complexity index is 917. The third kappa shape index (κ3) is 3.73. The molecule has 1 N–H and O–H groups in total. The fourth-order valence-corrected chi connectivity index (χ4v) is 3.65. The topological polar surface area (TPSA) is 71.1 Å². The van der Waals surface area contributed by atoms with E-state index in [0.717, 1.165) is 27.4 Å². The first-order chi connectivity index (χ1) is 12.7. The van der Waals surface area contributed by atoms with E-state index < -0.39 is 0 Å². The van der Waals surface area contributed by atoms with Gasteiger partial charge in [-0.25, -0.2) is 9.97 Å². The van der Waals surface area contributed by atoms with E-state index in [1.54, 1.807) is 6.20 Å². The molecule has 7 heteroatoms. The van der Waals surface area contributed by atoms with Crippen molar-refractivity contribution in [1.82, 2.24) is 19.9 Å². The molecule has 0 radical (unpaired) electrons. The Morgan fingerprint density at radius 1 is 1.27 bits per heavy atom. The molecule has 26 heavy (non-hydrogen) atoms. The molecule has 1 aliphatic heterocycles. The standard InChI is InChI=1S/C19H20N4O2S/c1-13-2-4-15-16(10-13)22-19(21-15)14-3-5-17(20-11-14)26-12-18(24)23-6-8-25-9-7-23/h2-5,10-11H,6-9,12H2,1H3,(H,21,22). The van der Waals surface area contributed by atoms with Gasteiger partial charge < -0.3 is 14.6 Å². The van der Waals surface area contributed by atoms with Crippen molar-refractivity contribution in [1.29, 1.82) is 0 Å². The largest absolute Gasteiger partial charge is 0.378 e. The summed E-state index contributed by atoms with van der Waals surface area (Å²) in [4.78, 5) is 26.5. The normalized spacial score (nSPS) is 14.7. The fraction of sp³-hybridized carbons (Fsp3) is 0.316.